The van der Waals surface area contributed by atoms with Crippen molar-refractivity contribution in [3.8, 4) is 0 Å². The summed E-state index contributed by atoms with van der Waals surface area (Å²) in [7, 11) is 1.70. The van der Waals surface area contributed by atoms with Crippen LogP contribution in [-0.2, 0) is 7.05 Å². The Balaban J connectivity index is 1.74. The molecule has 5 nitrogen and oxygen atoms in total. The maximum absolute atomic E-state index is 12.4. The quantitative estimate of drug-likeness (QED) is 0.758. The summed E-state index contributed by atoms with van der Waals surface area (Å²) < 4.78 is 1.53. The second kappa shape index (κ2) is 6.74. The summed E-state index contributed by atoms with van der Waals surface area (Å²) in [6.07, 6.45) is 0.954. The molecule has 0 aliphatic rings. The summed E-state index contributed by atoms with van der Waals surface area (Å²) in [6, 6.07) is 15.4. The smallest absolute Gasteiger partial charge is 0.326 e. The van der Waals surface area contributed by atoms with E-state index >= 15 is 0 Å². The number of aryl methyl sites for hydroxylation is 1. The molecular weight excluding hydrogens is 302 g/mol. The van der Waals surface area contributed by atoms with Gasteiger partial charge in [0.1, 0.15) is 0 Å². The number of rotatable bonds is 5. The molecule has 3 rings (SSSR count). The van der Waals surface area contributed by atoms with Crippen molar-refractivity contribution >= 4 is 16.9 Å². The zero-order chi connectivity index (χ0) is 17.1. The Bertz CT molecular complexity index is 909. The number of hydrogen-bond donors (Lipinski definition) is 2. The number of carbonyl (C=O) groups excluding carboxylic acids is 1. The van der Waals surface area contributed by atoms with E-state index in [9.17, 15) is 9.59 Å². The topological polar surface area (TPSA) is 66.9 Å². The van der Waals surface area contributed by atoms with E-state index in [1.165, 1.54) is 10.1 Å². The van der Waals surface area contributed by atoms with Gasteiger partial charge in [0.15, 0.2) is 0 Å². The maximum atomic E-state index is 12.4. The third-order valence-corrected chi connectivity index (χ3v) is 4.44. The zero-order valence-corrected chi connectivity index (χ0v) is 13.9. The number of nitrogens with one attached hydrogen (secondary N) is 2. The highest BCUT2D eigenvalue weighted by Crippen LogP contribution is 2.18. The summed E-state index contributed by atoms with van der Waals surface area (Å²) >= 11 is 0. The molecule has 2 N–H and O–H groups in total. The summed E-state index contributed by atoms with van der Waals surface area (Å²) in [5.74, 6) is 0.159. The second-order valence-corrected chi connectivity index (χ2v) is 5.95. The maximum Gasteiger partial charge on any atom is 0.326 e. The highest BCUT2D eigenvalue weighted by atomic mass is 16.2. The van der Waals surface area contributed by atoms with Crippen molar-refractivity contribution in [3.05, 3.63) is 70.1 Å². The molecule has 1 unspecified atom stereocenters. The molecular formula is C19H21N3O2. The van der Waals surface area contributed by atoms with Gasteiger partial charge in [-0.2, -0.15) is 0 Å². The minimum Gasteiger partial charge on any atom is -0.351 e. The van der Waals surface area contributed by atoms with Gasteiger partial charge < -0.3 is 10.3 Å². The number of fused-ring (bicyclic) bond motifs is 1. The zero-order valence-electron chi connectivity index (χ0n) is 13.9. The van der Waals surface area contributed by atoms with Crippen molar-refractivity contribution in [2.45, 2.75) is 19.3 Å². The second-order valence-electron chi connectivity index (χ2n) is 5.95. The first kappa shape index (κ1) is 16.1. The summed E-state index contributed by atoms with van der Waals surface area (Å²) in [4.78, 5) is 26.8. The van der Waals surface area contributed by atoms with Gasteiger partial charge in [0.2, 0.25) is 0 Å². The largest absolute Gasteiger partial charge is 0.351 e. The molecule has 0 bridgehead atoms. The molecule has 0 aliphatic carbocycles. The van der Waals surface area contributed by atoms with Gasteiger partial charge in [-0.25, -0.2) is 4.79 Å². The van der Waals surface area contributed by atoms with Gasteiger partial charge in [-0.3, -0.25) is 9.36 Å². The lowest BCUT2D eigenvalue weighted by molar-refractivity contribution is 0.0951. The molecule has 24 heavy (non-hydrogen) atoms. The predicted octanol–water partition coefficient (Wildman–Crippen LogP) is 2.79. The van der Waals surface area contributed by atoms with Crippen molar-refractivity contribution in [2.75, 3.05) is 6.54 Å². The number of amides is 1. The van der Waals surface area contributed by atoms with Crippen LogP contribution in [0.4, 0.5) is 0 Å². The monoisotopic (exact) mass is 323 g/mol. The SMILES string of the molecule is CCC(CNC(=O)c1ccc2c(c1)[nH]c(=O)n2C)c1ccccc1. The standard InChI is InChI=1S/C19H21N3O2/c1-3-13(14-7-5-4-6-8-14)12-20-18(23)15-9-10-17-16(11-15)21-19(24)22(17)2/h4-11,13H,3,12H2,1-2H3,(H,20,23)(H,21,24). The lowest BCUT2D eigenvalue weighted by Gasteiger charge is -2.16. The van der Waals surface area contributed by atoms with Crippen molar-refractivity contribution in [3.63, 3.8) is 0 Å². The fraction of sp³-hybridized carbons (Fsp3) is 0.263. The normalized spacial score (nSPS) is 12.2. The van der Waals surface area contributed by atoms with E-state index in [4.69, 9.17) is 0 Å². The van der Waals surface area contributed by atoms with E-state index < -0.39 is 0 Å². The fourth-order valence-corrected chi connectivity index (χ4v) is 2.92. The third kappa shape index (κ3) is 3.11. The minimum atomic E-state index is -0.183. The Morgan fingerprint density at radius 2 is 1.96 bits per heavy atom. The van der Waals surface area contributed by atoms with Crippen LogP contribution >= 0.6 is 0 Å². The Hall–Kier alpha value is -2.82. The molecule has 1 amide bonds. The first-order valence-electron chi connectivity index (χ1n) is 8.12. The molecule has 3 aromatic rings. The number of H-pyrrole nitrogens is 1. The Labute approximate surface area is 140 Å². The van der Waals surface area contributed by atoms with Gasteiger partial charge in [-0.1, -0.05) is 37.3 Å². The molecule has 124 valence electrons. The van der Waals surface area contributed by atoms with Gasteiger partial charge in [-0.05, 0) is 30.2 Å². The van der Waals surface area contributed by atoms with Crippen LogP contribution in [0.3, 0.4) is 0 Å². The van der Waals surface area contributed by atoms with Gasteiger partial charge in [0.05, 0.1) is 11.0 Å². The summed E-state index contributed by atoms with van der Waals surface area (Å²) in [6.45, 7) is 2.70. The lowest BCUT2D eigenvalue weighted by Crippen LogP contribution is -2.28. The molecule has 0 saturated carbocycles. The van der Waals surface area contributed by atoms with Crippen LogP contribution in [0.2, 0.25) is 0 Å². The molecule has 1 heterocycles. The van der Waals surface area contributed by atoms with Crippen LogP contribution in [-0.4, -0.2) is 22.0 Å². The highest BCUT2D eigenvalue weighted by molar-refractivity contribution is 5.97. The molecule has 0 aliphatic heterocycles. The Kier molecular flexibility index (Phi) is 4.51. The number of carbonyl (C=O) groups is 1. The van der Waals surface area contributed by atoms with E-state index in [0.29, 0.717) is 17.6 Å². The molecule has 2 aromatic carbocycles. The van der Waals surface area contributed by atoms with Gasteiger partial charge in [-0.15, -0.1) is 0 Å². The first-order valence-corrected chi connectivity index (χ1v) is 8.12. The van der Waals surface area contributed by atoms with E-state index in [-0.39, 0.29) is 17.5 Å². The van der Waals surface area contributed by atoms with Crippen molar-refractivity contribution in [1.29, 1.82) is 0 Å². The van der Waals surface area contributed by atoms with E-state index in [0.717, 1.165) is 11.9 Å². The lowest BCUT2D eigenvalue weighted by atomic mass is 9.96. The molecule has 1 atom stereocenters. The van der Waals surface area contributed by atoms with Crippen LogP contribution in [0.1, 0.15) is 35.2 Å². The Morgan fingerprint density at radius 3 is 2.67 bits per heavy atom. The van der Waals surface area contributed by atoms with E-state index in [1.807, 2.05) is 18.2 Å². The predicted molar refractivity (Wildman–Crippen MR) is 95.3 cm³/mol. The van der Waals surface area contributed by atoms with Crippen molar-refractivity contribution < 1.29 is 4.79 Å². The van der Waals surface area contributed by atoms with Gasteiger partial charge >= 0.3 is 5.69 Å². The van der Waals surface area contributed by atoms with Crippen molar-refractivity contribution in [1.82, 2.24) is 14.9 Å². The average molecular weight is 323 g/mol. The number of hydrogen-bond acceptors (Lipinski definition) is 2. The van der Waals surface area contributed by atoms with Crippen LogP contribution in [0.25, 0.3) is 11.0 Å². The molecule has 1 aromatic heterocycles. The fourth-order valence-electron chi connectivity index (χ4n) is 2.92. The van der Waals surface area contributed by atoms with Crippen LogP contribution < -0.4 is 11.0 Å². The number of aromatic nitrogens is 2. The first-order chi connectivity index (χ1) is 11.6. The number of imidazole rings is 1. The number of benzene rings is 2. The molecule has 0 radical (unpaired) electrons. The van der Waals surface area contributed by atoms with Gasteiger partial charge in [0, 0.05) is 25.1 Å². The number of nitrogens with zero attached hydrogens (tertiary/aromatic N) is 1. The highest BCUT2D eigenvalue weighted by Gasteiger charge is 2.13. The van der Waals surface area contributed by atoms with Crippen LogP contribution in [0.5, 0.6) is 0 Å². The molecule has 0 spiro atoms. The molecule has 5 heteroatoms. The summed E-state index contributed by atoms with van der Waals surface area (Å²) in [5, 5.41) is 3.00. The minimum absolute atomic E-state index is 0.129. The van der Waals surface area contributed by atoms with Crippen LogP contribution in [0.15, 0.2) is 53.3 Å². The van der Waals surface area contributed by atoms with E-state index in [2.05, 4.69) is 29.4 Å². The molecule has 0 fully saturated rings. The Morgan fingerprint density at radius 1 is 1.21 bits per heavy atom. The van der Waals surface area contributed by atoms with E-state index in [1.54, 1.807) is 25.2 Å². The van der Waals surface area contributed by atoms with Crippen molar-refractivity contribution in [2.24, 2.45) is 7.05 Å². The summed E-state index contributed by atoms with van der Waals surface area (Å²) in [5.41, 5.74) is 3.05. The van der Waals surface area contributed by atoms with Crippen LogP contribution in [0, 0.1) is 0 Å². The third-order valence-electron chi connectivity index (χ3n) is 4.44. The van der Waals surface area contributed by atoms with Gasteiger partial charge in [0.25, 0.3) is 5.91 Å². The molecule has 0 saturated heterocycles. The average Bonchev–Trinajstić information content (AvgIpc) is 2.90. The number of aromatic amines is 1.